The third kappa shape index (κ3) is 3.81. The highest BCUT2D eigenvalue weighted by molar-refractivity contribution is 7.22. The molecule has 1 aromatic carbocycles. The molecule has 26 heavy (non-hydrogen) atoms. The maximum Gasteiger partial charge on any atom is 0.223 e. The minimum atomic E-state index is -0.121. The zero-order valence-electron chi connectivity index (χ0n) is 14.4. The van der Waals surface area contributed by atoms with Crippen LogP contribution in [-0.2, 0) is 9.53 Å². The van der Waals surface area contributed by atoms with E-state index in [1.54, 1.807) is 6.20 Å². The number of thiazole rings is 1. The molecule has 0 spiro atoms. The summed E-state index contributed by atoms with van der Waals surface area (Å²) in [5, 5.41) is 6.73. The van der Waals surface area contributed by atoms with Crippen LogP contribution in [0.3, 0.4) is 0 Å². The SMILES string of the molecule is CC(=O)Nc1nc2ccc(-c3ccnc(NC4CCOCC4)n3)cc2s1. The van der Waals surface area contributed by atoms with Crippen LogP contribution in [0, 0.1) is 0 Å². The fraction of sp³-hybridized carbons (Fsp3) is 0.333. The summed E-state index contributed by atoms with van der Waals surface area (Å²) >= 11 is 1.45. The van der Waals surface area contributed by atoms with E-state index in [0.717, 1.165) is 47.5 Å². The smallest absolute Gasteiger partial charge is 0.223 e. The highest BCUT2D eigenvalue weighted by atomic mass is 32.1. The van der Waals surface area contributed by atoms with Crippen molar-refractivity contribution in [2.45, 2.75) is 25.8 Å². The number of carbonyl (C=O) groups is 1. The number of benzene rings is 1. The van der Waals surface area contributed by atoms with Crippen molar-refractivity contribution >= 4 is 38.5 Å². The molecular formula is C18H19N5O2S. The van der Waals surface area contributed by atoms with Crippen LogP contribution < -0.4 is 10.6 Å². The zero-order valence-corrected chi connectivity index (χ0v) is 15.2. The quantitative estimate of drug-likeness (QED) is 0.733. The predicted molar refractivity (Wildman–Crippen MR) is 102 cm³/mol. The van der Waals surface area contributed by atoms with Crippen LogP contribution >= 0.6 is 11.3 Å². The lowest BCUT2D eigenvalue weighted by Crippen LogP contribution is -2.28. The summed E-state index contributed by atoms with van der Waals surface area (Å²) in [5.41, 5.74) is 2.70. The first-order valence-corrected chi connectivity index (χ1v) is 9.35. The monoisotopic (exact) mass is 369 g/mol. The number of anilines is 2. The van der Waals surface area contributed by atoms with Crippen molar-refractivity contribution < 1.29 is 9.53 Å². The molecule has 1 fully saturated rings. The van der Waals surface area contributed by atoms with Gasteiger partial charge in [-0.3, -0.25) is 4.79 Å². The Morgan fingerprint density at radius 3 is 2.88 bits per heavy atom. The fourth-order valence-electron chi connectivity index (χ4n) is 2.90. The minimum absolute atomic E-state index is 0.121. The normalized spacial score (nSPS) is 15.1. The molecule has 2 aromatic heterocycles. The Bertz CT molecular complexity index is 936. The maximum absolute atomic E-state index is 11.2. The van der Waals surface area contributed by atoms with Gasteiger partial charge in [0.05, 0.1) is 15.9 Å². The first-order valence-electron chi connectivity index (χ1n) is 8.53. The van der Waals surface area contributed by atoms with Gasteiger partial charge in [0.2, 0.25) is 11.9 Å². The Morgan fingerprint density at radius 2 is 2.08 bits per heavy atom. The number of aromatic nitrogens is 3. The van der Waals surface area contributed by atoms with E-state index in [-0.39, 0.29) is 5.91 Å². The van der Waals surface area contributed by atoms with Crippen molar-refractivity contribution in [1.82, 2.24) is 15.0 Å². The highest BCUT2D eigenvalue weighted by Gasteiger charge is 2.15. The lowest BCUT2D eigenvalue weighted by Gasteiger charge is -2.23. The molecule has 3 heterocycles. The summed E-state index contributed by atoms with van der Waals surface area (Å²) in [6.07, 6.45) is 3.70. The van der Waals surface area contributed by atoms with E-state index in [1.165, 1.54) is 18.3 Å². The van der Waals surface area contributed by atoms with Crippen LogP contribution in [0.25, 0.3) is 21.5 Å². The molecular weight excluding hydrogens is 350 g/mol. The van der Waals surface area contributed by atoms with Crippen LogP contribution in [-0.4, -0.2) is 40.1 Å². The third-order valence-corrected chi connectivity index (χ3v) is 5.11. The van der Waals surface area contributed by atoms with Crippen LogP contribution in [0.5, 0.6) is 0 Å². The molecule has 1 amide bonds. The van der Waals surface area contributed by atoms with Crippen molar-refractivity contribution in [3.05, 3.63) is 30.5 Å². The van der Waals surface area contributed by atoms with Gasteiger partial charge in [-0.15, -0.1) is 0 Å². The van der Waals surface area contributed by atoms with E-state index in [0.29, 0.717) is 17.1 Å². The second-order valence-electron chi connectivity index (χ2n) is 6.18. The Kier molecular flexibility index (Phi) is 4.77. The molecule has 1 aliphatic rings. The van der Waals surface area contributed by atoms with Gasteiger partial charge >= 0.3 is 0 Å². The third-order valence-electron chi connectivity index (χ3n) is 4.18. The Balaban J connectivity index is 1.58. The van der Waals surface area contributed by atoms with Crippen LogP contribution in [0.2, 0.25) is 0 Å². The topological polar surface area (TPSA) is 89.0 Å². The van der Waals surface area contributed by atoms with Gasteiger partial charge in [0.1, 0.15) is 0 Å². The molecule has 0 atom stereocenters. The zero-order chi connectivity index (χ0) is 17.9. The average Bonchev–Trinajstić information content (AvgIpc) is 3.03. The molecule has 7 nitrogen and oxygen atoms in total. The van der Waals surface area contributed by atoms with E-state index in [1.807, 2.05) is 24.3 Å². The van der Waals surface area contributed by atoms with Gasteiger partial charge in [0.15, 0.2) is 5.13 Å². The molecule has 0 bridgehead atoms. The summed E-state index contributed by atoms with van der Waals surface area (Å²) in [5.74, 6) is 0.515. The standard InChI is InChI=1S/C18H19N5O2S/c1-11(24)20-18-23-15-3-2-12(10-16(15)26-18)14-4-7-19-17(22-14)21-13-5-8-25-9-6-13/h2-4,7,10,13H,5-6,8-9H2,1H3,(H,19,21,22)(H,20,23,24). The molecule has 134 valence electrons. The van der Waals surface area contributed by atoms with Crippen LogP contribution in [0.15, 0.2) is 30.5 Å². The van der Waals surface area contributed by atoms with Gasteiger partial charge in [-0.2, -0.15) is 0 Å². The van der Waals surface area contributed by atoms with E-state index >= 15 is 0 Å². The Morgan fingerprint density at radius 1 is 1.23 bits per heavy atom. The maximum atomic E-state index is 11.2. The number of fused-ring (bicyclic) bond motifs is 1. The average molecular weight is 369 g/mol. The number of ether oxygens (including phenoxy) is 1. The lowest BCUT2D eigenvalue weighted by atomic mass is 10.1. The Labute approximate surface area is 154 Å². The molecule has 1 aliphatic heterocycles. The van der Waals surface area contributed by atoms with Gasteiger partial charge in [-0.05, 0) is 31.0 Å². The van der Waals surface area contributed by atoms with Crippen molar-refractivity contribution in [3.8, 4) is 11.3 Å². The number of rotatable bonds is 4. The van der Waals surface area contributed by atoms with E-state index in [2.05, 4.69) is 25.6 Å². The minimum Gasteiger partial charge on any atom is -0.381 e. The first kappa shape index (κ1) is 16.9. The molecule has 0 aliphatic carbocycles. The summed E-state index contributed by atoms with van der Waals surface area (Å²) in [4.78, 5) is 24.6. The van der Waals surface area contributed by atoms with Crippen molar-refractivity contribution in [1.29, 1.82) is 0 Å². The van der Waals surface area contributed by atoms with Crippen LogP contribution in [0.1, 0.15) is 19.8 Å². The summed E-state index contributed by atoms with van der Waals surface area (Å²) in [7, 11) is 0. The number of nitrogens with zero attached hydrogens (tertiary/aromatic N) is 3. The predicted octanol–water partition coefficient (Wildman–Crippen LogP) is 3.30. The van der Waals surface area contributed by atoms with Crippen molar-refractivity contribution in [2.75, 3.05) is 23.8 Å². The number of hydrogen-bond donors (Lipinski definition) is 2. The second-order valence-corrected chi connectivity index (χ2v) is 7.21. The molecule has 0 unspecified atom stereocenters. The second kappa shape index (κ2) is 7.35. The molecule has 3 aromatic rings. The molecule has 0 saturated carbocycles. The molecule has 1 saturated heterocycles. The van der Waals surface area contributed by atoms with Crippen molar-refractivity contribution in [3.63, 3.8) is 0 Å². The van der Waals surface area contributed by atoms with Gasteiger partial charge in [0.25, 0.3) is 0 Å². The highest BCUT2D eigenvalue weighted by Crippen LogP contribution is 2.30. The van der Waals surface area contributed by atoms with E-state index in [9.17, 15) is 4.79 Å². The number of nitrogens with one attached hydrogen (secondary N) is 2. The molecule has 2 N–H and O–H groups in total. The van der Waals surface area contributed by atoms with E-state index < -0.39 is 0 Å². The largest absolute Gasteiger partial charge is 0.381 e. The lowest BCUT2D eigenvalue weighted by molar-refractivity contribution is -0.114. The first-order chi connectivity index (χ1) is 12.7. The summed E-state index contributed by atoms with van der Waals surface area (Å²) in [6, 6.07) is 8.22. The number of amides is 1. The molecule has 4 rings (SSSR count). The van der Waals surface area contributed by atoms with E-state index in [4.69, 9.17) is 4.74 Å². The fourth-order valence-corrected chi connectivity index (χ4v) is 3.85. The Hall–Kier alpha value is -2.58. The van der Waals surface area contributed by atoms with Gasteiger partial charge in [0, 0.05) is 37.9 Å². The molecule has 8 heteroatoms. The summed E-state index contributed by atoms with van der Waals surface area (Å²) < 4.78 is 6.39. The van der Waals surface area contributed by atoms with Gasteiger partial charge in [-0.1, -0.05) is 17.4 Å². The number of hydrogen-bond acceptors (Lipinski definition) is 7. The molecule has 0 radical (unpaired) electrons. The number of carbonyl (C=O) groups excluding carboxylic acids is 1. The van der Waals surface area contributed by atoms with Gasteiger partial charge < -0.3 is 15.4 Å². The van der Waals surface area contributed by atoms with Gasteiger partial charge in [-0.25, -0.2) is 15.0 Å². The van der Waals surface area contributed by atoms with Crippen molar-refractivity contribution in [2.24, 2.45) is 0 Å². The van der Waals surface area contributed by atoms with Crippen LogP contribution in [0.4, 0.5) is 11.1 Å². The summed E-state index contributed by atoms with van der Waals surface area (Å²) in [6.45, 7) is 3.03.